The number of rotatable bonds is 11. The number of carbonyl (C=O) groups excluding carboxylic acids is 1. The molecule has 5 atom stereocenters. The number of sulfone groups is 1. The normalized spacial score (nSPS) is 22.7. The average molecular weight is 829 g/mol. The van der Waals surface area contributed by atoms with E-state index >= 15 is 13.2 Å². The van der Waals surface area contributed by atoms with E-state index in [-0.39, 0.29) is 6.61 Å². The van der Waals surface area contributed by atoms with E-state index in [0.717, 1.165) is 0 Å². The van der Waals surface area contributed by atoms with E-state index in [4.69, 9.17) is 13.6 Å². The number of esters is 1. The third-order valence-electron chi connectivity index (χ3n) is 10.8. The molecule has 0 bridgehead atoms. The topological polar surface area (TPSA) is 119 Å². The zero-order valence-electron chi connectivity index (χ0n) is 32.7. The first-order chi connectivity index (χ1) is 26.1. The van der Waals surface area contributed by atoms with Crippen LogP contribution in [0.1, 0.15) is 54.9 Å². The van der Waals surface area contributed by atoms with Crippen molar-refractivity contribution in [2.45, 2.75) is 99.6 Å². The lowest BCUT2D eigenvalue weighted by atomic mass is 9.78. The molecule has 4 aromatic carbocycles. The van der Waals surface area contributed by atoms with E-state index in [9.17, 15) is 23.4 Å². The Morgan fingerprint density at radius 3 is 1.34 bits per heavy atom. The van der Waals surface area contributed by atoms with Crippen LogP contribution in [0, 0.1) is 0 Å². The zero-order valence-corrected chi connectivity index (χ0v) is 35.5. The van der Waals surface area contributed by atoms with Gasteiger partial charge in [-0.05, 0) is 37.7 Å². The number of hydrogen-bond acceptors (Lipinski definition) is 8. The standard InChI is InChI=1S/C42H51F3O8SSi2/c1-8-51-38(47)41(48)29-34(52-55(39(2,3)4,30-21-13-9-14-22-30)31-23-15-10-16-24-31)36(54(49,50)42(43,44)45)35(37(41)46)53-56(40(5,6)7,32-25-17-11-18-26-32)33-27-19-12-20-28-33/h9-28,34-37,46,48H,8,29H2,1-7H3/t34-,35-,36-,37+,41-/m0/s1. The maximum atomic E-state index is 15.3. The minimum absolute atomic E-state index is 0.251. The van der Waals surface area contributed by atoms with Gasteiger partial charge >= 0.3 is 11.5 Å². The monoisotopic (exact) mass is 828 g/mol. The van der Waals surface area contributed by atoms with Crippen molar-refractivity contribution >= 4 is 53.2 Å². The second-order valence-corrected chi connectivity index (χ2v) is 26.9. The van der Waals surface area contributed by atoms with Crippen molar-refractivity contribution in [3.63, 3.8) is 0 Å². The largest absolute Gasteiger partial charge is 0.497 e. The van der Waals surface area contributed by atoms with E-state index in [1.54, 1.807) is 121 Å². The van der Waals surface area contributed by atoms with Crippen molar-refractivity contribution in [1.82, 2.24) is 0 Å². The molecule has 56 heavy (non-hydrogen) atoms. The van der Waals surface area contributed by atoms with Gasteiger partial charge in [-0.1, -0.05) is 163 Å². The summed E-state index contributed by atoms with van der Waals surface area (Å²) in [6, 6.07) is 35.2. The van der Waals surface area contributed by atoms with Crippen molar-refractivity contribution in [1.29, 1.82) is 0 Å². The van der Waals surface area contributed by atoms with Crippen molar-refractivity contribution in [3.8, 4) is 0 Å². The number of benzene rings is 4. The Morgan fingerprint density at radius 2 is 1.04 bits per heavy atom. The molecule has 1 aliphatic rings. The van der Waals surface area contributed by atoms with E-state index in [1.165, 1.54) is 6.92 Å². The average Bonchev–Trinajstić information content (AvgIpc) is 3.14. The van der Waals surface area contributed by atoms with Gasteiger partial charge < -0.3 is 23.8 Å². The Morgan fingerprint density at radius 1 is 0.696 bits per heavy atom. The van der Waals surface area contributed by atoms with E-state index in [1.807, 2.05) is 41.5 Å². The van der Waals surface area contributed by atoms with Gasteiger partial charge in [0.15, 0.2) is 5.60 Å². The Kier molecular flexibility index (Phi) is 12.4. The SMILES string of the molecule is CCOC(=O)[C@]1(O)C[C@H](O[Si](c2ccccc2)(c2ccccc2)C(C)(C)C)[C@H](S(=O)(=O)C(F)(F)F)[C@H](O[Si](c2ccccc2)(c2ccccc2)C(C)(C)C)[C@H]1O. The van der Waals surface area contributed by atoms with E-state index < -0.39 is 83.6 Å². The van der Waals surface area contributed by atoms with Crippen molar-refractivity contribution in [2.24, 2.45) is 0 Å². The predicted octanol–water partition coefficient (Wildman–Crippen LogP) is 5.24. The molecule has 0 unspecified atom stereocenters. The molecule has 2 N–H and O–H groups in total. The van der Waals surface area contributed by atoms with Gasteiger partial charge in [-0.15, -0.1) is 0 Å². The highest BCUT2D eigenvalue weighted by Gasteiger charge is 2.69. The van der Waals surface area contributed by atoms with Crippen LogP contribution in [-0.2, 0) is 28.2 Å². The van der Waals surface area contributed by atoms with Gasteiger partial charge in [0.25, 0.3) is 26.5 Å². The summed E-state index contributed by atoms with van der Waals surface area (Å²) in [6.45, 7) is 12.3. The third-order valence-corrected chi connectivity index (χ3v) is 22.8. The van der Waals surface area contributed by atoms with Gasteiger partial charge in [0.1, 0.15) is 11.4 Å². The molecular formula is C42H51F3O8SSi2. The molecule has 0 radical (unpaired) electrons. The van der Waals surface area contributed by atoms with Crippen LogP contribution in [0.15, 0.2) is 121 Å². The Bertz CT molecular complexity index is 1960. The van der Waals surface area contributed by atoms with Crippen LogP contribution < -0.4 is 20.7 Å². The smallest absolute Gasteiger partial charge is 0.464 e. The second-order valence-electron chi connectivity index (χ2n) is 16.3. The molecule has 0 saturated heterocycles. The number of alkyl halides is 3. The molecule has 0 heterocycles. The third kappa shape index (κ3) is 7.57. The quantitative estimate of drug-likeness (QED) is 0.156. The minimum Gasteiger partial charge on any atom is -0.464 e. The molecule has 1 saturated carbocycles. The van der Waals surface area contributed by atoms with Crippen LogP contribution in [0.3, 0.4) is 0 Å². The number of hydrogen-bond donors (Lipinski definition) is 2. The summed E-state index contributed by atoms with van der Waals surface area (Å²) in [5, 5.41) is 22.6. The Balaban J connectivity index is 1.91. The van der Waals surface area contributed by atoms with Crippen molar-refractivity contribution < 1.29 is 50.2 Å². The highest BCUT2D eigenvalue weighted by molar-refractivity contribution is 7.93. The molecule has 0 amide bonds. The van der Waals surface area contributed by atoms with Crippen LogP contribution in [0.5, 0.6) is 0 Å². The maximum absolute atomic E-state index is 15.3. The summed E-state index contributed by atoms with van der Waals surface area (Å²) in [5.74, 6) is -1.34. The van der Waals surface area contributed by atoms with Gasteiger partial charge in [0, 0.05) is 6.42 Å². The van der Waals surface area contributed by atoms with Gasteiger partial charge in [-0.25, -0.2) is 13.2 Å². The zero-order chi connectivity index (χ0) is 41.4. The van der Waals surface area contributed by atoms with Gasteiger partial charge in [0.2, 0.25) is 0 Å². The highest BCUT2D eigenvalue weighted by Crippen LogP contribution is 2.48. The van der Waals surface area contributed by atoms with Crippen LogP contribution in [0.25, 0.3) is 0 Å². The molecule has 0 spiro atoms. The molecule has 302 valence electrons. The molecule has 8 nitrogen and oxygen atoms in total. The lowest BCUT2D eigenvalue weighted by Gasteiger charge is -2.54. The number of aliphatic hydroxyl groups excluding tert-OH is 1. The summed E-state index contributed by atoms with van der Waals surface area (Å²) < 4.78 is 94.0. The number of ether oxygens (including phenoxy) is 1. The van der Waals surface area contributed by atoms with E-state index in [2.05, 4.69) is 0 Å². The van der Waals surface area contributed by atoms with Gasteiger partial charge in [0.05, 0.1) is 18.8 Å². The lowest BCUT2D eigenvalue weighted by Crippen LogP contribution is -2.77. The minimum atomic E-state index is -6.31. The summed E-state index contributed by atoms with van der Waals surface area (Å²) in [7, 11) is -14.3. The molecule has 1 aliphatic carbocycles. The molecule has 14 heteroatoms. The van der Waals surface area contributed by atoms with Crippen molar-refractivity contribution in [3.05, 3.63) is 121 Å². The molecule has 4 aromatic rings. The van der Waals surface area contributed by atoms with E-state index in [0.29, 0.717) is 20.7 Å². The molecule has 1 fully saturated rings. The summed E-state index contributed by atoms with van der Waals surface area (Å²) >= 11 is 0. The lowest BCUT2D eigenvalue weighted by molar-refractivity contribution is -0.203. The first kappa shape index (κ1) is 43.5. The number of carbonyl (C=O) groups is 1. The molecule has 5 rings (SSSR count). The van der Waals surface area contributed by atoms with Gasteiger partial charge in [-0.2, -0.15) is 13.2 Å². The molecule has 0 aromatic heterocycles. The highest BCUT2D eigenvalue weighted by atomic mass is 32.2. The number of aliphatic hydroxyl groups is 2. The summed E-state index contributed by atoms with van der Waals surface area (Å²) in [6.07, 6.45) is -7.98. The number of halogens is 3. The Labute approximate surface area is 329 Å². The van der Waals surface area contributed by atoms with Crippen LogP contribution in [0.2, 0.25) is 10.1 Å². The van der Waals surface area contributed by atoms with Crippen LogP contribution >= 0.6 is 0 Å². The fraction of sp³-hybridized carbons (Fsp3) is 0.405. The summed E-state index contributed by atoms with van der Waals surface area (Å²) in [5.41, 5.74) is -8.82. The fourth-order valence-corrected chi connectivity index (χ4v) is 19.3. The maximum Gasteiger partial charge on any atom is 0.497 e. The van der Waals surface area contributed by atoms with Crippen LogP contribution in [-0.4, -0.2) is 82.5 Å². The molecule has 0 aliphatic heterocycles. The fourth-order valence-electron chi connectivity index (χ4n) is 8.25. The van der Waals surface area contributed by atoms with Crippen LogP contribution in [0.4, 0.5) is 13.2 Å². The summed E-state index contributed by atoms with van der Waals surface area (Å²) in [4.78, 5) is 13.9. The molecular weight excluding hydrogens is 778 g/mol. The van der Waals surface area contributed by atoms with Crippen molar-refractivity contribution in [2.75, 3.05) is 6.61 Å². The first-order valence-electron chi connectivity index (χ1n) is 18.5. The van der Waals surface area contributed by atoms with Gasteiger partial charge in [-0.3, -0.25) is 0 Å². The second kappa shape index (κ2) is 16.0. The predicted molar refractivity (Wildman–Crippen MR) is 216 cm³/mol. The Hall–Kier alpha value is -3.64. The first-order valence-corrected chi connectivity index (χ1v) is 23.9.